The van der Waals surface area contributed by atoms with Crippen molar-refractivity contribution in [3.8, 4) is 0 Å². The van der Waals surface area contributed by atoms with Crippen molar-refractivity contribution in [2.45, 2.75) is 369 Å². The Hall–Kier alpha value is -3.08. The van der Waals surface area contributed by atoms with Gasteiger partial charge in [0.15, 0.2) is 0 Å². The summed E-state index contributed by atoms with van der Waals surface area (Å²) >= 11 is 2.66. The van der Waals surface area contributed by atoms with Gasteiger partial charge < -0.3 is 38.5 Å². The molecule has 2 amide bonds. The maximum absolute atomic E-state index is 13.3. The quantitative estimate of drug-likeness (QED) is 0.0246. The summed E-state index contributed by atoms with van der Waals surface area (Å²) in [6.07, 6.45) is 57.7. The summed E-state index contributed by atoms with van der Waals surface area (Å²) in [6, 6.07) is 0. The van der Waals surface area contributed by atoms with Crippen LogP contribution < -0.4 is 0 Å². The van der Waals surface area contributed by atoms with Crippen LogP contribution >= 0.6 is 23.5 Å². The van der Waals surface area contributed by atoms with Crippen LogP contribution in [0.15, 0.2) is 24.3 Å². The molecule has 0 aromatic carbocycles. The Morgan fingerprint density at radius 2 is 0.619 bits per heavy atom. The zero-order chi connectivity index (χ0) is 71.7. The summed E-state index contributed by atoms with van der Waals surface area (Å²) < 4.78 is 22.8. The molecule has 0 saturated heterocycles. The molecule has 0 heterocycles. The van der Waals surface area contributed by atoms with Gasteiger partial charge >= 0.3 is 23.9 Å². The molecule has 0 aliphatic rings. The molecule has 0 aliphatic heterocycles. The molecule has 0 aromatic heterocycles. The van der Waals surface area contributed by atoms with Gasteiger partial charge in [0.2, 0.25) is 0 Å². The van der Waals surface area contributed by atoms with E-state index in [1.165, 1.54) is 203 Å². The predicted molar refractivity (Wildman–Crippen MR) is 416 cm³/mol. The first-order valence-corrected chi connectivity index (χ1v) is 42.4. The lowest BCUT2D eigenvalue weighted by Crippen LogP contribution is -2.31. The molecule has 0 atom stereocenters. The van der Waals surface area contributed by atoms with Gasteiger partial charge in [-0.1, -0.05) is 270 Å². The van der Waals surface area contributed by atoms with Crippen molar-refractivity contribution in [1.82, 2.24) is 19.6 Å². The Labute approximate surface area is 606 Å². The number of ether oxygens (including phenoxy) is 4. The first kappa shape index (κ1) is 96.0. The molecule has 0 saturated carbocycles. The first-order chi connectivity index (χ1) is 47.2. The normalized spacial score (nSPS) is 11.6. The van der Waals surface area contributed by atoms with E-state index in [0.717, 1.165) is 103 Å². The zero-order valence-electron chi connectivity index (χ0n) is 64.9. The number of thioether (sulfide) groups is 2. The monoisotopic (exact) mass is 1410 g/mol. The van der Waals surface area contributed by atoms with Gasteiger partial charge in [-0.25, -0.2) is 0 Å². The number of nitrogens with zero attached hydrogens (tertiary/aromatic N) is 4. The topological polar surface area (TPSA) is 152 Å². The highest BCUT2D eigenvalue weighted by Gasteiger charge is 2.21. The van der Waals surface area contributed by atoms with Crippen LogP contribution in [0, 0.1) is 0 Å². The van der Waals surface area contributed by atoms with Crippen LogP contribution in [0.1, 0.15) is 357 Å². The fourth-order valence-corrected chi connectivity index (χ4v) is 13.3. The lowest BCUT2D eigenvalue weighted by atomic mass is 10.0. The third-order valence-electron chi connectivity index (χ3n) is 17.8. The zero-order valence-corrected chi connectivity index (χ0v) is 66.5. The smallest absolute Gasteiger partial charge is 0.306 e. The standard InChI is InChI=1S/C42H80N2O5S.C39H74N2O5S/c1-6-11-14-17-20-23-26-37-48-40(45)32-27-35-44(42(47)50-38-29-34-43(9-4)10-5)36-28-33-41(46)49-39(30-24-21-18-15-12-7-2)31-25-22-19-16-13-8-3;1-6-9-12-15-18-21-24-34-45-37(42)29-25-31-41(39(44)47-35-33-40(4)5)32-26-30-38(43)46-36(27-22-19-16-13-10-7-2)28-23-20-17-14-11-8-3/h23,26,39H,6-22,24-25,27-38H2,1-5H3;21,24,36H,6-20,22-23,25-35H2,1-5H3/b26-23-;24-21-. The molecular weight excluding hydrogens is 1250 g/mol. The van der Waals surface area contributed by atoms with E-state index in [1.807, 2.05) is 31.1 Å². The molecule has 14 nitrogen and oxygen atoms in total. The molecule has 0 N–H and O–H groups in total. The van der Waals surface area contributed by atoms with Gasteiger partial charge in [0.05, 0.1) is 0 Å². The summed E-state index contributed by atoms with van der Waals surface area (Å²) in [4.78, 5) is 84.9. The minimum absolute atomic E-state index is 0.000799. The fourth-order valence-electron chi connectivity index (χ4n) is 11.5. The fraction of sp³-hybridized carbons (Fsp3) is 0.877. The average Bonchev–Trinajstić information content (AvgIpc) is 1.79. The van der Waals surface area contributed by atoms with Gasteiger partial charge in [-0.15, -0.1) is 0 Å². The number of carbonyl (C=O) groups is 6. The van der Waals surface area contributed by atoms with Crippen molar-refractivity contribution in [3.05, 3.63) is 24.3 Å². The number of carbonyl (C=O) groups excluding carboxylic acids is 6. The summed E-state index contributed by atoms with van der Waals surface area (Å²) in [6.45, 7) is 24.1. The highest BCUT2D eigenvalue weighted by Crippen LogP contribution is 2.22. The van der Waals surface area contributed by atoms with Crippen LogP contribution in [0.5, 0.6) is 0 Å². The van der Waals surface area contributed by atoms with Crippen LogP contribution in [0.2, 0.25) is 0 Å². The molecule has 0 unspecified atom stereocenters. The maximum atomic E-state index is 13.3. The Bertz CT molecular complexity index is 1820. The van der Waals surface area contributed by atoms with Gasteiger partial charge in [0.25, 0.3) is 10.5 Å². The van der Waals surface area contributed by atoms with E-state index in [1.54, 1.807) is 4.90 Å². The van der Waals surface area contributed by atoms with Crippen LogP contribution in [-0.4, -0.2) is 157 Å². The van der Waals surface area contributed by atoms with E-state index in [0.29, 0.717) is 83.7 Å². The number of unbranched alkanes of at least 4 members (excludes halogenated alkanes) is 28. The van der Waals surface area contributed by atoms with Crippen molar-refractivity contribution >= 4 is 57.9 Å². The maximum Gasteiger partial charge on any atom is 0.306 e. The van der Waals surface area contributed by atoms with E-state index in [2.05, 4.69) is 77.3 Å². The second-order valence-electron chi connectivity index (χ2n) is 27.3. The van der Waals surface area contributed by atoms with E-state index in [-0.39, 0.29) is 59.4 Å². The van der Waals surface area contributed by atoms with Crippen LogP contribution in [0.25, 0.3) is 0 Å². The van der Waals surface area contributed by atoms with E-state index in [4.69, 9.17) is 18.9 Å². The Balaban J connectivity index is 0. The van der Waals surface area contributed by atoms with Crippen LogP contribution in [0.4, 0.5) is 9.59 Å². The number of hydrogen-bond donors (Lipinski definition) is 0. The van der Waals surface area contributed by atoms with Gasteiger partial charge in [-0.2, -0.15) is 0 Å². The number of hydrogen-bond acceptors (Lipinski definition) is 14. The van der Waals surface area contributed by atoms with Crippen molar-refractivity contribution in [2.24, 2.45) is 0 Å². The summed E-state index contributed by atoms with van der Waals surface area (Å²) in [7, 11) is 3.99. The Kier molecular flexibility index (Phi) is 74.8. The molecule has 0 aliphatic carbocycles. The molecule has 0 fully saturated rings. The Morgan fingerprint density at radius 3 is 0.938 bits per heavy atom. The lowest BCUT2D eigenvalue weighted by molar-refractivity contribution is -0.151. The second-order valence-corrected chi connectivity index (χ2v) is 29.4. The van der Waals surface area contributed by atoms with Crippen LogP contribution in [-0.2, 0) is 38.1 Å². The first-order valence-electron chi connectivity index (χ1n) is 40.5. The lowest BCUT2D eigenvalue weighted by Gasteiger charge is -2.23. The van der Waals surface area contributed by atoms with Gasteiger partial charge in [-0.3, -0.25) is 28.8 Å². The van der Waals surface area contributed by atoms with Gasteiger partial charge in [0.1, 0.15) is 25.4 Å². The summed E-state index contributed by atoms with van der Waals surface area (Å²) in [5.41, 5.74) is 0. The number of esters is 4. The molecule has 0 radical (unpaired) electrons. The molecule has 0 aromatic rings. The highest BCUT2D eigenvalue weighted by atomic mass is 32.2. The number of rotatable bonds is 69. The minimum Gasteiger partial charge on any atom is -0.462 e. The van der Waals surface area contributed by atoms with E-state index < -0.39 is 0 Å². The molecular formula is C81H154N4O10S2. The number of amides is 2. The molecule has 0 spiro atoms. The molecule has 97 heavy (non-hydrogen) atoms. The minimum atomic E-state index is -0.237. The summed E-state index contributed by atoms with van der Waals surface area (Å²) in [5.74, 6) is 0.702. The van der Waals surface area contributed by atoms with Gasteiger partial charge in [0, 0.05) is 69.9 Å². The molecule has 0 rings (SSSR count). The molecule has 16 heteroatoms. The van der Waals surface area contributed by atoms with E-state index >= 15 is 0 Å². The van der Waals surface area contributed by atoms with Crippen molar-refractivity contribution < 1.29 is 47.7 Å². The highest BCUT2D eigenvalue weighted by molar-refractivity contribution is 8.13. The van der Waals surface area contributed by atoms with Crippen molar-refractivity contribution in [2.75, 3.05) is 91.2 Å². The third-order valence-corrected chi connectivity index (χ3v) is 19.7. The largest absolute Gasteiger partial charge is 0.462 e. The SMILES string of the molecule is CCCCCC/C=C\COC(=O)CCCN(CCCC(=O)OC(CCCCCCCC)CCCCCCCC)C(=O)SCCCN(CC)CC.CCCCCC/C=C\COC(=O)CCCN(CCCC(=O)OC(CCCCCCCC)CCCCCCCC)C(=O)SCCN(C)C. The van der Waals surface area contributed by atoms with Crippen molar-refractivity contribution in [3.63, 3.8) is 0 Å². The van der Waals surface area contributed by atoms with Crippen molar-refractivity contribution in [1.29, 1.82) is 0 Å². The molecule has 570 valence electrons. The Morgan fingerprint density at radius 1 is 0.320 bits per heavy atom. The van der Waals surface area contributed by atoms with Gasteiger partial charge in [-0.05, 0) is 143 Å². The molecule has 0 bridgehead atoms. The second kappa shape index (κ2) is 75.6. The van der Waals surface area contributed by atoms with E-state index in [9.17, 15) is 28.8 Å². The predicted octanol–water partition coefficient (Wildman–Crippen LogP) is 22.7. The van der Waals surface area contributed by atoms with Crippen LogP contribution in [0.3, 0.4) is 0 Å². The third kappa shape index (κ3) is 68.5. The average molecular weight is 1410 g/mol. The summed E-state index contributed by atoms with van der Waals surface area (Å²) in [5, 5.41) is 0.0323. The number of allylic oxidation sites excluding steroid dienone is 2.